The molecule has 1 amide bonds. The van der Waals surface area contributed by atoms with E-state index in [0.29, 0.717) is 12.1 Å². The second-order valence-electron chi connectivity index (χ2n) is 3.70. The highest BCUT2D eigenvalue weighted by Gasteiger charge is 2.04. The summed E-state index contributed by atoms with van der Waals surface area (Å²) in [4.78, 5) is 19.7. The summed E-state index contributed by atoms with van der Waals surface area (Å²) in [6.07, 6.45) is 7.57. The van der Waals surface area contributed by atoms with E-state index in [1.165, 1.54) is 0 Å². The topological polar surface area (TPSA) is 59.8 Å². The van der Waals surface area contributed by atoms with E-state index in [9.17, 15) is 4.79 Å². The smallest absolute Gasteiger partial charge is 0.251 e. The minimum atomic E-state index is -0.0818. The summed E-state index contributed by atoms with van der Waals surface area (Å²) in [5.74, 6) is 0.877. The Morgan fingerprint density at radius 3 is 2.76 bits per heavy atom. The first-order valence-corrected chi connectivity index (χ1v) is 5.42. The van der Waals surface area contributed by atoms with Gasteiger partial charge in [-0.25, -0.2) is 4.98 Å². The van der Waals surface area contributed by atoms with Gasteiger partial charge in [-0.2, -0.15) is 0 Å². The molecule has 5 heteroatoms. The lowest BCUT2D eigenvalue weighted by Gasteiger charge is -2.05. The molecule has 17 heavy (non-hydrogen) atoms. The Kier molecular flexibility index (Phi) is 3.49. The van der Waals surface area contributed by atoms with Crippen molar-refractivity contribution in [3.05, 3.63) is 48.3 Å². The van der Waals surface area contributed by atoms with Crippen LogP contribution in [0.2, 0.25) is 0 Å². The molecule has 2 rings (SSSR count). The van der Waals surface area contributed by atoms with Crippen LogP contribution < -0.4 is 5.32 Å². The van der Waals surface area contributed by atoms with E-state index in [0.717, 1.165) is 12.2 Å². The number of amides is 1. The molecular weight excluding hydrogens is 216 g/mol. The zero-order chi connectivity index (χ0) is 12.1. The molecule has 2 aromatic rings. The molecule has 0 bridgehead atoms. The van der Waals surface area contributed by atoms with Crippen LogP contribution in [0.1, 0.15) is 16.2 Å². The van der Waals surface area contributed by atoms with Gasteiger partial charge in [-0.05, 0) is 12.1 Å². The molecule has 0 aliphatic heterocycles. The van der Waals surface area contributed by atoms with Gasteiger partial charge in [0.25, 0.3) is 5.91 Å². The zero-order valence-corrected chi connectivity index (χ0v) is 9.63. The lowest BCUT2D eigenvalue weighted by atomic mass is 10.2. The number of hydrogen-bond acceptors (Lipinski definition) is 3. The van der Waals surface area contributed by atoms with Crippen LogP contribution >= 0.6 is 0 Å². The van der Waals surface area contributed by atoms with Crippen LogP contribution in [0.15, 0.2) is 36.9 Å². The number of carbonyl (C=O) groups excluding carboxylic acids is 1. The molecule has 1 N–H and O–H groups in total. The number of carbonyl (C=O) groups is 1. The van der Waals surface area contributed by atoms with Crippen molar-refractivity contribution >= 4 is 5.91 Å². The summed E-state index contributed by atoms with van der Waals surface area (Å²) in [5.41, 5.74) is 0.625. The van der Waals surface area contributed by atoms with Crippen molar-refractivity contribution in [2.45, 2.75) is 6.42 Å². The summed E-state index contributed by atoms with van der Waals surface area (Å²) < 4.78 is 1.94. The summed E-state index contributed by atoms with van der Waals surface area (Å²) in [5, 5.41) is 2.84. The maximum absolute atomic E-state index is 11.7. The number of nitrogens with one attached hydrogen (secondary N) is 1. The Hall–Kier alpha value is -2.17. The SMILES string of the molecule is Cn1ccnc1CCNC(=O)c1ccncc1. The fourth-order valence-electron chi connectivity index (χ4n) is 1.53. The lowest BCUT2D eigenvalue weighted by molar-refractivity contribution is 0.0954. The second-order valence-corrected chi connectivity index (χ2v) is 3.70. The molecule has 0 spiro atoms. The van der Waals surface area contributed by atoms with E-state index in [1.807, 2.05) is 17.8 Å². The van der Waals surface area contributed by atoms with Crippen LogP contribution in [0, 0.1) is 0 Å². The van der Waals surface area contributed by atoms with Gasteiger partial charge >= 0.3 is 0 Å². The second kappa shape index (κ2) is 5.25. The average Bonchev–Trinajstić information content (AvgIpc) is 2.76. The van der Waals surface area contributed by atoms with E-state index in [-0.39, 0.29) is 5.91 Å². The Morgan fingerprint density at radius 2 is 2.12 bits per heavy atom. The van der Waals surface area contributed by atoms with Gasteiger partial charge < -0.3 is 9.88 Å². The molecule has 2 heterocycles. The molecule has 0 fully saturated rings. The monoisotopic (exact) mass is 230 g/mol. The van der Waals surface area contributed by atoms with Crippen molar-refractivity contribution in [2.75, 3.05) is 6.54 Å². The van der Waals surface area contributed by atoms with Crippen LogP contribution in [0.25, 0.3) is 0 Å². The van der Waals surface area contributed by atoms with Gasteiger partial charge in [0, 0.05) is 50.4 Å². The van der Waals surface area contributed by atoms with Gasteiger partial charge in [-0.15, -0.1) is 0 Å². The third-order valence-electron chi connectivity index (χ3n) is 2.50. The number of pyridine rings is 1. The van der Waals surface area contributed by atoms with Crippen LogP contribution in [-0.4, -0.2) is 27.0 Å². The minimum Gasteiger partial charge on any atom is -0.352 e. The third kappa shape index (κ3) is 2.90. The highest BCUT2D eigenvalue weighted by molar-refractivity contribution is 5.93. The Balaban J connectivity index is 1.84. The highest BCUT2D eigenvalue weighted by Crippen LogP contribution is 1.97. The van der Waals surface area contributed by atoms with Gasteiger partial charge in [0.2, 0.25) is 0 Å². The summed E-state index contributed by atoms with van der Waals surface area (Å²) in [6.45, 7) is 0.575. The molecule has 5 nitrogen and oxygen atoms in total. The number of hydrogen-bond donors (Lipinski definition) is 1. The van der Waals surface area contributed by atoms with Crippen LogP contribution in [-0.2, 0) is 13.5 Å². The minimum absolute atomic E-state index is 0.0818. The van der Waals surface area contributed by atoms with E-state index in [2.05, 4.69) is 15.3 Å². The molecule has 0 radical (unpaired) electrons. The van der Waals surface area contributed by atoms with Crippen molar-refractivity contribution in [3.8, 4) is 0 Å². The predicted octanol–water partition coefficient (Wildman–Crippen LogP) is 0.788. The standard InChI is InChI=1S/C12H14N4O/c1-16-9-8-14-11(16)4-7-15-12(17)10-2-5-13-6-3-10/h2-3,5-6,8-9H,4,7H2,1H3,(H,15,17). The molecular formula is C12H14N4O. The fraction of sp³-hybridized carbons (Fsp3) is 0.250. The van der Waals surface area contributed by atoms with Gasteiger partial charge in [-0.3, -0.25) is 9.78 Å². The largest absolute Gasteiger partial charge is 0.352 e. The first kappa shape index (κ1) is 11.3. The Bertz CT molecular complexity index is 492. The number of aromatic nitrogens is 3. The Morgan fingerprint density at radius 1 is 1.35 bits per heavy atom. The van der Waals surface area contributed by atoms with E-state index in [4.69, 9.17) is 0 Å². The summed E-state index contributed by atoms with van der Waals surface area (Å²) in [7, 11) is 1.94. The maximum atomic E-state index is 11.7. The van der Waals surface area contributed by atoms with Gasteiger partial charge in [0.15, 0.2) is 0 Å². The van der Waals surface area contributed by atoms with Crippen molar-refractivity contribution in [3.63, 3.8) is 0 Å². The van der Waals surface area contributed by atoms with Crippen LogP contribution in [0.4, 0.5) is 0 Å². The van der Waals surface area contributed by atoms with Gasteiger partial charge in [-0.1, -0.05) is 0 Å². The molecule has 0 unspecified atom stereocenters. The predicted molar refractivity (Wildman–Crippen MR) is 63.5 cm³/mol. The van der Waals surface area contributed by atoms with Crippen molar-refractivity contribution in [1.82, 2.24) is 19.9 Å². The fourth-order valence-corrected chi connectivity index (χ4v) is 1.53. The lowest BCUT2D eigenvalue weighted by Crippen LogP contribution is -2.26. The molecule has 88 valence electrons. The molecule has 0 saturated heterocycles. The number of imidazole rings is 1. The Labute approximate surface area is 99.5 Å². The average molecular weight is 230 g/mol. The number of rotatable bonds is 4. The van der Waals surface area contributed by atoms with Crippen molar-refractivity contribution in [1.29, 1.82) is 0 Å². The highest BCUT2D eigenvalue weighted by atomic mass is 16.1. The number of nitrogens with zero attached hydrogens (tertiary/aromatic N) is 3. The summed E-state index contributed by atoms with van der Waals surface area (Å²) >= 11 is 0. The molecule has 0 saturated carbocycles. The van der Waals surface area contributed by atoms with E-state index >= 15 is 0 Å². The molecule has 0 aliphatic carbocycles. The van der Waals surface area contributed by atoms with Crippen molar-refractivity contribution in [2.24, 2.45) is 7.05 Å². The summed E-state index contributed by atoms with van der Waals surface area (Å²) in [6, 6.07) is 3.38. The van der Waals surface area contributed by atoms with E-state index in [1.54, 1.807) is 30.7 Å². The quantitative estimate of drug-likeness (QED) is 0.844. The molecule has 2 aromatic heterocycles. The first-order chi connectivity index (χ1) is 8.27. The molecule has 0 atom stereocenters. The zero-order valence-electron chi connectivity index (χ0n) is 9.63. The van der Waals surface area contributed by atoms with Crippen molar-refractivity contribution < 1.29 is 4.79 Å². The number of aryl methyl sites for hydroxylation is 1. The van der Waals surface area contributed by atoms with E-state index < -0.39 is 0 Å². The first-order valence-electron chi connectivity index (χ1n) is 5.42. The molecule has 0 aromatic carbocycles. The van der Waals surface area contributed by atoms with Gasteiger partial charge in [0.05, 0.1) is 0 Å². The van der Waals surface area contributed by atoms with Crippen LogP contribution in [0.5, 0.6) is 0 Å². The normalized spacial score (nSPS) is 10.2. The third-order valence-corrected chi connectivity index (χ3v) is 2.50. The molecule has 0 aliphatic rings. The van der Waals surface area contributed by atoms with Crippen LogP contribution in [0.3, 0.4) is 0 Å². The van der Waals surface area contributed by atoms with Gasteiger partial charge in [0.1, 0.15) is 5.82 Å². The maximum Gasteiger partial charge on any atom is 0.251 e.